The molecule has 0 saturated heterocycles. The van der Waals surface area contributed by atoms with E-state index in [1.54, 1.807) is 0 Å². The van der Waals surface area contributed by atoms with Gasteiger partial charge in [0.15, 0.2) is 0 Å². The largest absolute Gasteiger partial charge is 0.309 e. The molecule has 0 atom stereocenters. The summed E-state index contributed by atoms with van der Waals surface area (Å²) in [6.45, 7) is 0. The third-order valence-corrected chi connectivity index (χ3v) is 16.2. The molecule has 0 unspecified atom stereocenters. The van der Waals surface area contributed by atoms with Crippen LogP contribution in [0.3, 0.4) is 0 Å². The predicted molar refractivity (Wildman–Crippen MR) is 304 cm³/mol. The van der Waals surface area contributed by atoms with Gasteiger partial charge in [-0.25, -0.2) is 0 Å². The molecule has 2 aliphatic rings. The van der Waals surface area contributed by atoms with Gasteiger partial charge < -0.3 is 14.1 Å². The minimum atomic E-state index is 0. The molecule has 74 heavy (non-hydrogen) atoms. The molecule has 353 valence electrons. The Hall–Kier alpha value is -8.40. The quantitative estimate of drug-likeness (QED) is 0.146. The summed E-state index contributed by atoms with van der Waals surface area (Å²) in [6.07, 6.45) is 6.67. The molecule has 4 heteroatoms. The van der Waals surface area contributed by atoms with E-state index < -0.39 is 0 Å². The van der Waals surface area contributed by atoms with Crippen molar-refractivity contribution in [3.8, 4) is 78.3 Å². The van der Waals surface area contributed by atoms with Crippen molar-refractivity contribution in [3.63, 3.8) is 0 Å². The topological polar surface area (TPSA) is 22.8 Å². The second-order valence-electron chi connectivity index (χ2n) is 20.2. The van der Waals surface area contributed by atoms with Crippen LogP contribution in [0.2, 0.25) is 0 Å². The van der Waals surface area contributed by atoms with Gasteiger partial charge >= 0.3 is 0 Å². The van der Waals surface area contributed by atoms with Crippen LogP contribution in [-0.2, 0) is 25.5 Å². The van der Waals surface area contributed by atoms with E-state index in [4.69, 9.17) is 0 Å². The van der Waals surface area contributed by atoms with Crippen LogP contribution >= 0.6 is 0 Å². The van der Waals surface area contributed by atoms with Gasteiger partial charge in [0, 0.05) is 64.6 Å². The maximum absolute atomic E-state index is 4.59. The van der Waals surface area contributed by atoms with Crippen LogP contribution < -0.4 is 0 Å². The van der Waals surface area contributed by atoms with Crippen molar-refractivity contribution in [1.29, 1.82) is 0 Å². The van der Waals surface area contributed by atoms with Crippen LogP contribution in [0.5, 0.6) is 0 Å². The molecule has 3 heterocycles. The first-order valence-corrected chi connectivity index (χ1v) is 25.7. The van der Waals surface area contributed by atoms with Crippen LogP contribution in [0.4, 0.5) is 0 Å². The summed E-state index contributed by atoms with van der Waals surface area (Å²) in [5.74, 6) is 0. The summed E-state index contributed by atoms with van der Waals surface area (Å²) >= 11 is 0. The normalized spacial score (nSPS) is 13.5. The Morgan fingerprint density at radius 1 is 0.365 bits per heavy atom. The summed E-state index contributed by atoms with van der Waals surface area (Å²) < 4.78 is 4.90. The van der Waals surface area contributed by atoms with Crippen LogP contribution in [0, 0.1) is 6.07 Å². The molecule has 1 saturated carbocycles. The summed E-state index contributed by atoms with van der Waals surface area (Å²) in [4.78, 5) is 4.59. The standard InChI is InChI=1S/C70H48N3.Ir/c1-5-24-66-59(19-1)60-20-2-6-25-67(60)72(66)55-41-54(42-56(45-55)73-68-26-7-3-21-61(68)62-22-4-8-27-69(62)73)47-30-28-46(29-31-47)51-32-34-57-58-35-33-52(44-64(58)70(63(57)43-51)36-10-11-37-70)49-16-13-15-48(39-49)50-17-14-18-53(40-50)65-23-9-12-38-71-65;/h1-9,12-17,19-35,38-45H,10-11,36-37H2;/q-1;. The van der Waals surface area contributed by atoms with E-state index >= 15 is 0 Å². The fourth-order valence-corrected chi connectivity index (χ4v) is 12.8. The van der Waals surface area contributed by atoms with Crippen molar-refractivity contribution < 1.29 is 20.1 Å². The monoisotopic (exact) mass is 1120 g/mol. The van der Waals surface area contributed by atoms with Crippen molar-refractivity contribution in [3.05, 3.63) is 260 Å². The fourth-order valence-electron chi connectivity index (χ4n) is 12.8. The fraction of sp³-hybridized carbons (Fsp3) is 0.0714. The van der Waals surface area contributed by atoms with Crippen LogP contribution in [0.15, 0.2) is 243 Å². The number of hydrogen-bond donors (Lipinski definition) is 0. The average molecular weight is 1120 g/mol. The van der Waals surface area contributed by atoms with Gasteiger partial charge in [0.25, 0.3) is 0 Å². The summed E-state index contributed by atoms with van der Waals surface area (Å²) in [5.41, 5.74) is 24.5. The number of fused-ring (bicyclic) bond motifs is 11. The Balaban J connectivity index is 0.00000505. The molecule has 15 rings (SSSR count). The van der Waals surface area contributed by atoms with Gasteiger partial charge in [0.2, 0.25) is 0 Å². The number of hydrogen-bond acceptors (Lipinski definition) is 1. The molecule has 3 nitrogen and oxygen atoms in total. The van der Waals surface area contributed by atoms with Crippen molar-refractivity contribution in [1.82, 2.24) is 14.1 Å². The Labute approximate surface area is 444 Å². The predicted octanol–water partition coefficient (Wildman–Crippen LogP) is 18.2. The van der Waals surface area contributed by atoms with Crippen LogP contribution in [-0.4, -0.2) is 14.1 Å². The summed E-state index contributed by atoms with van der Waals surface area (Å²) in [7, 11) is 0. The van der Waals surface area contributed by atoms with Gasteiger partial charge in [-0.3, -0.25) is 0 Å². The molecule has 3 aromatic heterocycles. The van der Waals surface area contributed by atoms with Gasteiger partial charge in [-0.2, -0.15) is 0 Å². The van der Waals surface area contributed by atoms with Gasteiger partial charge in [-0.05, 0) is 146 Å². The maximum Gasteiger partial charge on any atom is 0.0541 e. The number of nitrogens with zero attached hydrogens (tertiary/aromatic N) is 3. The van der Waals surface area contributed by atoms with Crippen LogP contribution in [0.25, 0.3) is 122 Å². The first-order chi connectivity index (χ1) is 36.1. The second kappa shape index (κ2) is 17.7. The Kier molecular flexibility index (Phi) is 10.6. The maximum atomic E-state index is 4.59. The zero-order valence-electron chi connectivity index (χ0n) is 40.6. The van der Waals surface area contributed by atoms with Crippen molar-refractivity contribution >= 4 is 43.6 Å². The van der Waals surface area contributed by atoms with E-state index in [0.717, 1.165) is 22.6 Å². The smallest absolute Gasteiger partial charge is 0.0541 e. The van der Waals surface area contributed by atoms with E-state index in [-0.39, 0.29) is 25.5 Å². The third-order valence-electron chi connectivity index (χ3n) is 16.2. The number of benzene rings is 10. The molecule has 13 aromatic rings. The first-order valence-electron chi connectivity index (χ1n) is 25.7. The molecule has 10 aromatic carbocycles. The van der Waals surface area contributed by atoms with E-state index in [9.17, 15) is 0 Å². The molecular formula is C70H48IrN3-. The zero-order chi connectivity index (χ0) is 48.0. The molecule has 2 aliphatic carbocycles. The number of para-hydroxylation sites is 4. The molecule has 0 N–H and O–H groups in total. The molecular weight excluding hydrogens is 1080 g/mol. The van der Waals surface area contributed by atoms with Crippen molar-refractivity contribution in [2.24, 2.45) is 0 Å². The van der Waals surface area contributed by atoms with Gasteiger partial charge in [0.1, 0.15) is 0 Å². The minimum Gasteiger partial charge on any atom is -0.309 e. The second-order valence-corrected chi connectivity index (χ2v) is 20.2. The number of pyridine rings is 1. The van der Waals surface area contributed by atoms with Gasteiger partial charge in [-0.1, -0.05) is 165 Å². The Morgan fingerprint density at radius 2 is 0.811 bits per heavy atom. The third kappa shape index (κ3) is 7.01. The molecule has 0 amide bonds. The van der Waals surface area contributed by atoms with Gasteiger partial charge in [0.05, 0.1) is 22.1 Å². The SMILES string of the molecule is [Ir].[c-]1ccc(-c2cccc(-c3ccc4c(c3)C3(CCCC3)c3cc(-c5ccc(-c6cc(-n7c8ccccc8c8ccccc87)cc(-n7c8ccccc8c8ccccc87)c6)cc5)ccc3-4)c2)cc1-c1ccccn1. The van der Waals surface area contributed by atoms with E-state index in [1.807, 2.05) is 30.5 Å². The molecule has 1 radical (unpaired) electrons. The minimum absolute atomic E-state index is 0. The molecule has 1 spiro atoms. The van der Waals surface area contributed by atoms with Gasteiger partial charge in [-0.15, -0.1) is 35.4 Å². The van der Waals surface area contributed by atoms with Crippen molar-refractivity contribution in [2.75, 3.05) is 0 Å². The summed E-state index contributed by atoms with van der Waals surface area (Å²) in [6, 6.07) is 91.1. The van der Waals surface area contributed by atoms with Crippen LogP contribution in [0.1, 0.15) is 36.8 Å². The number of aromatic nitrogens is 3. The summed E-state index contributed by atoms with van der Waals surface area (Å²) in [5, 5.41) is 5.03. The van der Waals surface area contributed by atoms with Crippen molar-refractivity contribution in [2.45, 2.75) is 31.1 Å². The Morgan fingerprint density at radius 3 is 1.32 bits per heavy atom. The van der Waals surface area contributed by atoms with E-state index in [1.165, 1.54) is 136 Å². The molecule has 0 bridgehead atoms. The van der Waals surface area contributed by atoms with E-state index in [0.29, 0.717) is 0 Å². The first kappa shape index (κ1) is 44.3. The zero-order valence-corrected chi connectivity index (χ0v) is 43.0. The van der Waals surface area contributed by atoms with E-state index in [2.05, 4.69) is 233 Å². The average Bonchev–Trinajstić information content (AvgIpc) is 4.25. The Bertz CT molecular complexity index is 4090. The molecule has 0 aliphatic heterocycles. The molecule has 1 fully saturated rings. The number of rotatable bonds is 7.